The molecule has 0 bridgehead atoms. The van der Waals surface area contributed by atoms with E-state index in [-0.39, 0.29) is 0 Å². The van der Waals surface area contributed by atoms with Gasteiger partial charge in [0.2, 0.25) is 0 Å². The van der Waals surface area contributed by atoms with Crippen LogP contribution >= 0.6 is 11.8 Å². The summed E-state index contributed by atoms with van der Waals surface area (Å²) >= 11 is 1.69. The molecule has 0 unspecified atom stereocenters. The number of aromatic carboxylic acids is 1. The van der Waals surface area contributed by atoms with E-state index in [1.165, 1.54) is 31.9 Å². The van der Waals surface area contributed by atoms with Crippen LogP contribution in [0.15, 0.2) is 23.4 Å². The molecular formula is C11H13NO2S. The van der Waals surface area contributed by atoms with Crippen molar-refractivity contribution in [3.8, 4) is 0 Å². The van der Waals surface area contributed by atoms with Gasteiger partial charge in [0.15, 0.2) is 0 Å². The smallest absolute Gasteiger partial charge is 0.338 e. The predicted octanol–water partition coefficient (Wildman–Crippen LogP) is 2.81. The van der Waals surface area contributed by atoms with Crippen LogP contribution in [0.2, 0.25) is 0 Å². The fourth-order valence-electron chi connectivity index (χ4n) is 1.83. The van der Waals surface area contributed by atoms with Gasteiger partial charge in [0.1, 0.15) is 0 Å². The molecule has 1 aliphatic carbocycles. The zero-order valence-electron chi connectivity index (χ0n) is 8.35. The Hall–Kier alpha value is -1.03. The quantitative estimate of drug-likeness (QED) is 0.856. The molecule has 0 amide bonds. The predicted molar refractivity (Wildman–Crippen MR) is 59.3 cm³/mol. The standard InChI is InChI=1S/C11H13NO2S/c13-11(14)9-7-12-6-5-10(9)15-8-3-1-2-4-8/h5-8H,1-4H2,(H,13,14). The Bertz CT molecular complexity index is 361. The Morgan fingerprint density at radius 3 is 2.87 bits per heavy atom. The van der Waals surface area contributed by atoms with Crippen molar-refractivity contribution in [1.82, 2.24) is 4.98 Å². The maximum absolute atomic E-state index is 10.9. The lowest BCUT2D eigenvalue weighted by molar-refractivity contribution is 0.0692. The summed E-state index contributed by atoms with van der Waals surface area (Å²) in [6.07, 6.45) is 8.03. The molecule has 1 saturated carbocycles. The van der Waals surface area contributed by atoms with E-state index in [0.717, 1.165) is 4.90 Å². The molecule has 4 heteroatoms. The Morgan fingerprint density at radius 2 is 2.20 bits per heavy atom. The second kappa shape index (κ2) is 4.66. The molecule has 1 N–H and O–H groups in total. The van der Waals surface area contributed by atoms with Gasteiger partial charge in [0.05, 0.1) is 5.56 Å². The van der Waals surface area contributed by atoms with E-state index in [0.29, 0.717) is 10.8 Å². The number of pyridine rings is 1. The van der Waals surface area contributed by atoms with E-state index < -0.39 is 5.97 Å². The second-order valence-corrected chi connectivity index (χ2v) is 5.04. The lowest BCUT2D eigenvalue weighted by Crippen LogP contribution is -2.02. The fourth-order valence-corrected chi connectivity index (χ4v) is 3.17. The maximum atomic E-state index is 10.9. The summed E-state index contributed by atoms with van der Waals surface area (Å²) in [7, 11) is 0. The molecule has 1 heterocycles. The number of aromatic nitrogens is 1. The number of hydrogen-bond donors (Lipinski definition) is 1. The van der Waals surface area contributed by atoms with E-state index in [9.17, 15) is 4.79 Å². The van der Waals surface area contributed by atoms with Gasteiger partial charge >= 0.3 is 5.97 Å². The van der Waals surface area contributed by atoms with Gasteiger partial charge in [-0.3, -0.25) is 4.98 Å². The van der Waals surface area contributed by atoms with Crippen molar-refractivity contribution in [2.24, 2.45) is 0 Å². The minimum Gasteiger partial charge on any atom is -0.478 e. The third-order valence-electron chi connectivity index (χ3n) is 2.61. The minimum absolute atomic E-state index is 0.328. The van der Waals surface area contributed by atoms with Gasteiger partial charge < -0.3 is 5.11 Å². The van der Waals surface area contributed by atoms with Crippen molar-refractivity contribution in [2.45, 2.75) is 35.8 Å². The third kappa shape index (κ3) is 2.50. The molecule has 1 aromatic heterocycles. The summed E-state index contributed by atoms with van der Waals surface area (Å²) in [6, 6.07) is 1.80. The molecule has 0 atom stereocenters. The van der Waals surface area contributed by atoms with E-state index in [2.05, 4.69) is 4.98 Å². The molecule has 0 aliphatic heterocycles. The highest BCUT2D eigenvalue weighted by atomic mass is 32.2. The van der Waals surface area contributed by atoms with Crippen LogP contribution in [-0.2, 0) is 0 Å². The lowest BCUT2D eigenvalue weighted by atomic mass is 10.3. The van der Waals surface area contributed by atoms with Crippen molar-refractivity contribution in [3.05, 3.63) is 24.0 Å². The zero-order chi connectivity index (χ0) is 10.7. The monoisotopic (exact) mass is 223 g/mol. The molecule has 1 aliphatic rings. The number of hydrogen-bond acceptors (Lipinski definition) is 3. The third-order valence-corrected chi connectivity index (χ3v) is 4.02. The Kier molecular flexibility index (Phi) is 3.26. The second-order valence-electron chi connectivity index (χ2n) is 3.70. The van der Waals surface area contributed by atoms with Crippen molar-refractivity contribution in [2.75, 3.05) is 0 Å². The Morgan fingerprint density at radius 1 is 1.47 bits per heavy atom. The van der Waals surface area contributed by atoms with Gasteiger partial charge in [-0.25, -0.2) is 4.79 Å². The average Bonchev–Trinajstić information content (AvgIpc) is 2.71. The average molecular weight is 223 g/mol. The van der Waals surface area contributed by atoms with Gasteiger partial charge in [0, 0.05) is 22.5 Å². The van der Waals surface area contributed by atoms with Gasteiger partial charge in [-0.05, 0) is 18.9 Å². The first kappa shape index (κ1) is 10.5. The van der Waals surface area contributed by atoms with E-state index in [1.807, 2.05) is 0 Å². The first-order valence-electron chi connectivity index (χ1n) is 5.11. The number of carboxylic acid groups (broad SMARTS) is 1. The molecule has 15 heavy (non-hydrogen) atoms. The van der Waals surface area contributed by atoms with Crippen LogP contribution in [0, 0.1) is 0 Å². The largest absolute Gasteiger partial charge is 0.478 e. The Labute approximate surface area is 92.9 Å². The molecule has 0 spiro atoms. The Balaban J connectivity index is 2.15. The summed E-state index contributed by atoms with van der Waals surface area (Å²) in [6.45, 7) is 0. The first-order chi connectivity index (χ1) is 7.27. The summed E-state index contributed by atoms with van der Waals surface area (Å²) in [5.74, 6) is -0.886. The van der Waals surface area contributed by atoms with Crippen molar-refractivity contribution in [3.63, 3.8) is 0 Å². The van der Waals surface area contributed by atoms with Crippen LogP contribution in [0.25, 0.3) is 0 Å². The molecular weight excluding hydrogens is 210 g/mol. The molecule has 1 fully saturated rings. The van der Waals surface area contributed by atoms with Gasteiger partial charge in [0.25, 0.3) is 0 Å². The highest BCUT2D eigenvalue weighted by Crippen LogP contribution is 2.35. The highest BCUT2D eigenvalue weighted by Gasteiger charge is 2.19. The van der Waals surface area contributed by atoms with E-state index in [4.69, 9.17) is 5.11 Å². The van der Waals surface area contributed by atoms with Crippen LogP contribution in [0.4, 0.5) is 0 Å². The van der Waals surface area contributed by atoms with Crippen LogP contribution in [0.5, 0.6) is 0 Å². The number of rotatable bonds is 3. The molecule has 3 nitrogen and oxygen atoms in total. The van der Waals surface area contributed by atoms with E-state index >= 15 is 0 Å². The summed E-state index contributed by atoms with van der Waals surface area (Å²) in [5, 5.41) is 9.57. The molecule has 0 aromatic carbocycles. The zero-order valence-corrected chi connectivity index (χ0v) is 9.17. The van der Waals surface area contributed by atoms with E-state index in [1.54, 1.807) is 24.0 Å². The highest BCUT2D eigenvalue weighted by molar-refractivity contribution is 8.00. The molecule has 1 aromatic rings. The maximum Gasteiger partial charge on any atom is 0.338 e. The van der Waals surface area contributed by atoms with Crippen molar-refractivity contribution in [1.29, 1.82) is 0 Å². The first-order valence-corrected chi connectivity index (χ1v) is 5.99. The number of carboxylic acids is 1. The number of thioether (sulfide) groups is 1. The lowest BCUT2D eigenvalue weighted by Gasteiger charge is -2.10. The molecule has 0 radical (unpaired) electrons. The van der Waals surface area contributed by atoms with Gasteiger partial charge in [-0.2, -0.15) is 0 Å². The summed E-state index contributed by atoms with van der Waals surface area (Å²) in [4.78, 5) is 15.6. The molecule has 0 saturated heterocycles. The van der Waals surface area contributed by atoms with Crippen molar-refractivity contribution < 1.29 is 9.90 Å². The number of nitrogens with zero attached hydrogens (tertiary/aromatic N) is 1. The SMILES string of the molecule is O=C(O)c1cnccc1SC1CCCC1. The topological polar surface area (TPSA) is 50.2 Å². The summed E-state index contributed by atoms with van der Waals surface area (Å²) < 4.78 is 0. The van der Waals surface area contributed by atoms with Gasteiger partial charge in [-0.15, -0.1) is 11.8 Å². The molecule has 2 rings (SSSR count). The van der Waals surface area contributed by atoms with Crippen LogP contribution < -0.4 is 0 Å². The molecule has 80 valence electrons. The van der Waals surface area contributed by atoms with Crippen LogP contribution in [0.1, 0.15) is 36.0 Å². The van der Waals surface area contributed by atoms with Gasteiger partial charge in [-0.1, -0.05) is 12.8 Å². The fraction of sp³-hybridized carbons (Fsp3) is 0.455. The normalized spacial score (nSPS) is 16.8. The van der Waals surface area contributed by atoms with Crippen molar-refractivity contribution >= 4 is 17.7 Å². The number of carbonyl (C=O) groups is 1. The minimum atomic E-state index is -0.886. The van der Waals surface area contributed by atoms with Crippen LogP contribution in [-0.4, -0.2) is 21.3 Å². The van der Waals surface area contributed by atoms with Crippen LogP contribution in [0.3, 0.4) is 0 Å². The summed E-state index contributed by atoms with van der Waals surface area (Å²) in [5.41, 5.74) is 0.328.